The minimum Gasteiger partial charge on any atom is -0.395 e. The summed E-state index contributed by atoms with van der Waals surface area (Å²) in [5.74, 6) is -1.49. The van der Waals surface area contributed by atoms with Crippen LogP contribution in [0.4, 0.5) is 0 Å². The largest absolute Gasteiger partial charge is 0.395 e. The topological polar surface area (TPSA) is 98.7 Å². The van der Waals surface area contributed by atoms with E-state index in [1.165, 1.54) is 0 Å². The molecule has 1 spiro atoms. The summed E-state index contributed by atoms with van der Waals surface area (Å²) in [4.78, 5) is 42.4. The van der Waals surface area contributed by atoms with Crippen LogP contribution in [0.1, 0.15) is 59.4 Å². The zero-order chi connectivity index (χ0) is 25.6. The van der Waals surface area contributed by atoms with Gasteiger partial charge in [0.25, 0.3) is 0 Å². The third-order valence-electron chi connectivity index (χ3n) is 7.44. The Labute approximate surface area is 212 Å². The number of carbonyl (C=O) groups excluding carboxylic acids is 3. The van der Waals surface area contributed by atoms with E-state index in [-0.39, 0.29) is 41.5 Å². The molecule has 3 fully saturated rings. The van der Waals surface area contributed by atoms with E-state index < -0.39 is 28.2 Å². The molecule has 8 heteroatoms. The highest BCUT2D eigenvalue weighted by Crippen LogP contribution is 2.66. The van der Waals surface area contributed by atoms with Crippen molar-refractivity contribution in [2.45, 2.75) is 82.0 Å². The fourth-order valence-corrected chi connectivity index (χ4v) is 9.00. The van der Waals surface area contributed by atoms with Crippen LogP contribution in [0, 0.1) is 17.3 Å². The van der Waals surface area contributed by atoms with Gasteiger partial charge < -0.3 is 20.6 Å². The monoisotopic (exact) mass is 501 g/mol. The van der Waals surface area contributed by atoms with Crippen LogP contribution in [-0.2, 0) is 20.9 Å². The number of nitrogens with one attached hydrogen (secondary N) is 2. The van der Waals surface area contributed by atoms with Crippen LogP contribution in [0.25, 0.3) is 0 Å². The molecule has 1 aromatic carbocycles. The Morgan fingerprint density at radius 3 is 2.46 bits per heavy atom. The Morgan fingerprint density at radius 1 is 1.14 bits per heavy atom. The molecule has 5 atom stereocenters. The van der Waals surface area contributed by atoms with Crippen LogP contribution in [0.15, 0.2) is 30.3 Å². The van der Waals surface area contributed by atoms with Gasteiger partial charge in [-0.25, -0.2) is 0 Å². The quantitative estimate of drug-likeness (QED) is 0.509. The van der Waals surface area contributed by atoms with Crippen LogP contribution < -0.4 is 10.6 Å². The van der Waals surface area contributed by atoms with Gasteiger partial charge >= 0.3 is 0 Å². The molecule has 4 rings (SSSR count). The second-order valence-corrected chi connectivity index (χ2v) is 13.7. The zero-order valence-corrected chi connectivity index (χ0v) is 22.3. The van der Waals surface area contributed by atoms with Crippen molar-refractivity contribution in [2.75, 3.05) is 13.2 Å². The molecule has 7 nitrogen and oxygen atoms in total. The van der Waals surface area contributed by atoms with E-state index in [9.17, 15) is 19.5 Å². The number of likely N-dealkylation sites (tertiary alicyclic amines) is 1. The molecule has 3 heterocycles. The second kappa shape index (κ2) is 9.43. The lowest BCUT2D eigenvalue weighted by molar-refractivity contribution is -0.140. The van der Waals surface area contributed by atoms with E-state index in [4.69, 9.17) is 0 Å². The summed E-state index contributed by atoms with van der Waals surface area (Å²) in [7, 11) is 0. The van der Waals surface area contributed by atoms with Gasteiger partial charge in [-0.2, -0.15) is 0 Å². The fraction of sp³-hybridized carbons (Fsp3) is 0.667. The zero-order valence-electron chi connectivity index (χ0n) is 21.5. The van der Waals surface area contributed by atoms with Crippen molar-refractivity contribution in [2.24, 2.45) is 17.3 Å². The molecule has 192 valence electrons. The number of carbonyl (C=O) groups is 3. The van der Waals surface area contributed by atoms with E-state index in [1.807, 2.05) is 44.2 Å². The first-order valence-corrected chi connectivity index (χ1v) is 13.5. The van der Waals surface area contributed by atoms with Gasteiger partial charge in [-0.1, -0.05) is 51.1 Å². The number of thioether (sulfide) groups is 1. The summed E-state index contributed by atoms with van der Waals surface area (Å²) in [6.45, 7) is 10.7. The minimum atomic E-state index is -0.687. The highest BCUT2D eigenvalue weighted by Gasteiger charge is 2.73. The molecule has 3 N–H and O–H groups in total. The molecule has 35 heavy (non-hydrogen) atoms. The predicted molar refractivity (Wildman–Crippen MR) is 137 cm³/mol. The van der Waals surface area contributed by atoms with Crippen LogP contribution >= 0.6 is 11.8 Å². The molecule has 0 saturated carbocycles. The van der Waals surface area contributed by atoms with Gasteiger partial charge in [-0.15, -0.1) is 11.8 Å². The Hall–Kier alpha value is -2.06. The van der Waals surface area contributed by atoms with Gasteiger partial charge in [0.15, 0.2) is 0 Å². The highest BCUT2D eigenvalue weighted by atomic mass is 32.2. The number of β-amino-alcohol motifs (C(OH)–C–C–N with tert-alkyl or cyclic N) is 1. The van der Waals surface area contributed by atoms with Gasteiger partial charge in [0.1, 0.15) is 6.04 Å². The maximum Gasteiger partial charge on any atom is 0.244 e. The maximum absolute atomic E-state index is 13.8. The van der Waals surface area contributed by atoms with Crippen LogP contribution in [0.2, 0.25) is 0 Å². The van der Waals surface area contributed by atoms with Crippen LogP contribution in [-0.4, -0.2) is 62.5 Å². The molecule has 0 aliphatic carbocycles. The predicted octanol–water partition coefficient (Wildman–Crippen LogP) is 2.72. The summed E-state index contributed by atoms with van der Waals surface area (Å²) in [6, 6.07) is 9.03. The third-order valence-corrected chi connectivity index (χ3v) is 9.39. The summed E-state index contributed by atoms with van der Waals surface area (Å²) in [5.41, 5.74) is 0.576. The first-order valence-electron chi connectivity index (χ1n) is 12.6. The van der Waals surface area contributed by atoms with Gasteiger partial charge in [-0.3, -0.25) is 14.4 Å². The summed E-state index contributed by atoms with van der Waals surface area (Å²) in [6.07, 6.45) is 2.31. The summed E-state index contributed by atoms with van der Waals surface area (Å²) < 4.78 is -0.631. The average Bonchev–Trinajstić information content (AvgIpc) is 3.38. The highest BCUT2D eigenvalue weighted by molar-refractivity contribution is 8.02. The fourth-order valence-electron chi connectivity index (χ4n) is 6.78. The molecule has 0 aromatic heterocycles. The molecule has 1 aromatic rings. The van der Waals surface area contributed by atoms with Crippen molar-refractivity contribution >= 4 is 29.5 Å². The number of fused-ring (bicyclic) bond motifs is 1. The van der Waals surface area contributed by atoms with E-state index in [2.05, 4.69) is 31.4 Å². The van der Waals surface area contributed by atoms with Crippen molar-refractivity contribution in [3.63, 3.8) is 0 Å². The molecule has 3 aliphatic heterocycles. The van der Waals surface area contributed by atoms with E-state index in [0.717, 1.165) is 24.8 Å². The molecule has 3 amide bonds. The number of hydrogen-bond acceptors (Lipinski definition) is 5. The summed E-state index contributed by atoms with van der Waals surface area (Å²) >= 11 is 1.65. The number of aliphatic hydroxyl groups excluding tert-OH is 1. The molecular weight excluding hydrogens is 462 g/mol. The van der Waals surface area contributed by atoms with Crippen molar-refractivity contribution < 1.29 is 19.5 Å². The number of hydrogen-bond donors (Lipinski definition) is 3. The number of amides is 3. The minimum absolute atomic E-state index is 0.0221. The Balaban J connectivity index is 1.58. The van der Waals surface area contributed by atoms with E-state index in [1.54, 1.807) is 16.7 Å². The lowest BCUT2D eigenvalue weighted by atomic mass is 9.70. The van der Waals surface area contributed by atoms with Gasteiger partial charge in [0.05, 0.1) is 23.2 Å². The smallest absolute Gasteiger partial charge is 0.244 e. The first-order chi connectivity index (χ1) is 16.4. The third kappa shape index (κ3) is 4.96. The Kier molecular flexibility index (Phi) is 7.01. The van der Waals surface area contributed by atoms with Crippen molar-refractivity contribution in [3.8, 4) is 0 Å². The lowest BCUT2D eigenvalue weighted by Gasteiger charge is -2.38. The number of rotatable bonds is 8. The molecule has 2 unspecified atom stereocenters. The Morgan fingerprint density at radius 2 is 1.83 bits per heavy atom. The van der Waals surface area contributed by atoms with E-state index in [0.29, 0.717) is 6.54 Å². The molecule has 3 saturated heterocycles. The average molecular weight is 502 g/mol. The molecule has 3 aliphatic rings. The SMILES string of the molecule is CC(C)(C)CC(C)(C)NC(=O)C1N(CCO)C(=O)[C@@H]2[C@@H](C(=O)NCc3ccccc3)[C@H]3CCC12S3. The summed E-state index contributed by atoms with van der Waals surface area (Å²) in [5, 5.41) is 16.0. The van der Waals surface area contributed by atoms with Crippen molar-refractivity contribution in [1.82, 2.24) is 15.5 Å². The van der Waals surface area contributed by atoms with Gasteiger partial charge in [0, 0.05) is 23.9 Å². The van der Waals surface area contributed by atoms with Crippen molar-refractivity contribution in [3.05, 3.63) is 35.9 Å². The van der Waals surface area contributed by atoms with Crippen LogP contribution in [0.5, 0.6) is 0 Å². The molecule has 2 bridgehead atoms. The number of benzene rings is 1. The standard InChI is InChI=1S/C27H39N3O4S/c1-25(2,3)16-26(4,5)29-23(33)21-27-12-11-18(35-27)19(20(27)24(34)30(21)13-14-31)22(32)28-15-17-9-7-6-8-10-17/h6-10,18-21,31H,11-16H2,1-5H3,(H,28,32)(H,29,33)/t18-,19+,20+,21?,27?/m1/s1. The second-order valence-electron chi connectivity index (χ2n) is 12.1. The Bertz CT molecular complexity index is 976. The van der Waals surface area contributed by atoms with Crippen LogP contribution in [0.3, 0.4) is 0 Å². The van der Waals surface area contributed by atoms with Gasteiger partial charge in [0.2, 0.25) is 17.7 Å². The lowest BCUT2D eigenvalue weighted by Crippen LogP contribution is -2.58. The molecular formula is C27H39N3O4S. The normalized spacial score (nSPS) is 29.9. The number of nitrogens with zero attached hydrogens (tertiary/aromatic N) is 1. The van der Waals surface area contributed by atoms with Crippen molar-refractivity contribution in [1.29, 1.82) is 0 Å². The maximum atomic E-state index is 13.8. The van der Waals surface area contributed by atoms with E-state index >= 15 is 0 Å². The molecule has 0 radical (unpaired) electrons. The van der Waals surface area contributed by atoms with Gasteiger partial charge in [-0.05, 0) is 44.1 Å². The number of aliphatic hydroxyl groups is 1. The first kappa shape index (κ1) is 26.0.